The largest absolute Gasteiger partial charge is 0.494 e. The van der Waals surface area contributed by atoms with Gasteiger partial charge in [-0.1, -0.05) is 6.07 Å². The lowest BCUT2D eigenvalue weighted by Crippen LogP contribution is -1.89. The van der Waals surface area contributed by atoms with Gasteiger partial charge in [-0.2, -0.15) is 0 Å². The topological polar surface area (TPSA) is 9.23 Å². The number of methoxy groups -OCH3 is 1. The van der Waals surface area contributed by atoms with Crippen molar-refractivity contribution in [3.63, 3.8) is 0 Å². The maximum Gasteiger partial charge on any atom is 0.165 e. The van der Waals surface area contributed by atoms with Gasteiger partial charge in [-0.25, -0.2) is 4.39 Å². The third-order valence-electron chi connectivity index (χ3n) is 2.06. The average molecular weight is 165 g/mol. The molecule has 1 aromatic rings. The van der Waals surface area contributed by atoms with Crippen LogP contribution in [0.15, 0.2) is 18.2 Å². The van der Waals surface area contributed by atoms with Crippen LogP contribution in [0.3, 0.4) is 0 Å². The molecule has 1 radical (unpaired) electrons. The molecule has 0 atom stereocenters. The van der Waals surface area contributed by atoms with E-state index in [1.807, 2.05) is 0 Å². The molecule has 12 heavy (non-hydrogen) atoms. The highest BCUT2D eigenvalue weighted by Gasteiger charge is 2.25. The average Bonchev–Trinajstić information content (AvgIpc) is 2.88. The zero-order valence-corrected chi connectivity index (χ0v) is 6.93. The number of hydrogen-bond donors (Lipinski definition) is 0. The molecule has 2 heteroatoms. The second-order valence-electron chi connectivity index (χ2n) is 2.95. The summed E-state index contributed by atoms with van der Waals surface area (Å²) in [4.78, 5) is 0. The van der Waals surface area contributed by atoms with Gasteiger partial charge >= 0.3 is 0 Å². The van der Waals surface area contributed by atoms with Gasteiger partial charge in [0.2, 0.25) is 0 Å². The lowest BCUT2D eigenvalue weighted by molar-refractivity contribution is 0.386. The van der Waals surface area contributed by atoms with Gasteiger partial charge in [0.05, 0.1) is 7.11 Å². The molecule has 2 rings (SSSR count). The summed E-state index contributed by atoms with van der Waals surface area (Å²) in [6.07, 6.45) is 2.30. The van der Waals surface area contributed by atoms with E-state index in [1.54, 1.807) is 12.1 Å². The fraction of sp³-hybridized carbons (Fsp3) is 0.300. The molecule has 0 N–H and O–H groups in total. The van der Waals surface area contributed by atoms with Crippen molar-refractivity contribution in [1.29, 1.82) is 0 Å². The second kappa shape index (κ2) is 2.77. The first-order chi connectivity index (χ1) is 5.81. The summed E-state index contributed by atoms with van der Waals surface area (Å²) in [5.74, 6) is 1.45. The molecule has 1 aliphatic carbocycles. The maximum absolute atomic E-state index is 12.9. The van der Waals surface area contributed by atoms with E-state index in [1.165, 1.54) is 19.1 Å². The fourth-order valence-corrected chi connectivity index (χ4v) is 1.23. The van der Waals surface area contributed by atoms with Gasteiger partial charge in [0.25, 0.3) is 0 Å². The minimum Gasteiger partial charge on any atom is -0.494 e. The Morgan fingerprint density at radius 1 is 1.33 bits per heavy atom. The molecule has 0 aliphatic heterocycles. The number of ether oxygens (including phenoxy) is 1. The highest BCUT2D eigenvalue weighted by molar-refractivity contribution is 5.42. The number of benzene rings is 1. The van der Waals surface area contributed by atoms with Crippen molar-refractivity contribution in [3.05, 3.63) is 35.5 Å². The monoisotopic (exact) mass is 165 g/mol. The van der Waals surface area contributed by atoms with Crippen molar-refractivity contribution in [2.24, 2.45) is 0 Å². The predicted molar refractivity (Wildman–Crippen MR) is 44.5 cm³/mol. The van der Waals surface area contributed by atoms with E-state index in [0.29, 0.717) is 5.75 Å². The minimum atomic E-state index is -0.289. The molecule has 1 fully saturated rings. The molecule has 0 saturated heterocycles. The molecule has 1 aromatic carbocycles. The highest BCUT2D eigenvalue weighted by Crippen LogP contribution is 2.40. The van der Waals surface area contributed by atoms with E-state index >= 15 is 0 Å². The van der Waals surface area contributed by atoms with E-state index in [9.17, 15) is 4.39 Å². The summed E-state index contributed by atoms with van der Waals surface area (Å²) in [5, 5.41) is 0. The Hall–Kier alpha value is -1.05. The predicted octanol–water partition coefficient (Wildman–Crippen LogP) is 2.55. The van der Waals surface area contributed by atoms with Gasteiger partial charge in [0, 0.05) is 5.92 Å². The molecule has 1 aliphatic rings. The number of halogens is 1. The van der Waals surface area contributed by atoms with Crippen LogP contribution in [0.1, 0.15) is 18.4 Å². The van der Waals surface area contributed by atoms with E-state index in [-0.39, 0.29) is 5.82 Å². The van der Waals surface area contributed by atoms with E-state index in [0.717, 1.165) is 18.4 Å². The van der Waals surface area contributed by atoms with Crippen LogP contribution >= 0.6 is 0 Å². The Morgan fingerprint density at radius 3 is 2.67 bits per heavy atom. The van der Waals surface area contributed by atoms with Crippen LogP contribution in [0.4, 0.5) is 4.39 Å². The molecule has 0 heterocycles. The van der Waals surface area contributed by atoms with Gasteiger partial charge in [-0.15, -0.1) is 0 Å². The van der Waals surface area contributed by atoms with Crippen molar-refractivity contribution < 1.29 is 9.13 Å². The van der Waals surface area contributed by atoms with Crippen LogP contribution < -0.4 is 4.74 Å². The molecule has 0 spiro atoms. The van der Waals surface area contributed by atoms with Crippen molar-refractivity contribution >= 4 is 0 Å². The van der Waals surface area contributed by atoms with Crippen molar-refractivity contribution in [1.82, 2.24) is 0 Å². The quantitative estimate of drug-likeness (QED) is 0.654. The summed E-state index contributed by atoms with van der Waals surface area (Å²) in [6, 6.07) is 5.03. The lowest BCUT2D eigenvalue weighted by atomic mass is 10.1. The van der Waals surface area contributed by atoms with Gasteiger partial charge < -0.3 is 4.74 Å². The number of rotatable bonds is 2. The Labute approximate surface area is 71.2 Å². The molecule has 0 amide bonds. The zero-order chi connectivity index (χ0) is 8.55. The second-order valence-corrected chi connectivity index (χ2v) is 2.95. The van der Waals surface area contributed by atoms with Gasteiger partial charge in [0.1, 0.15) is 0 Å². The van der Waals surface area contributed by atoms with Gasteiger partial charge in [-0.3, -0.25) is 0 Å². The summed E-state index contributed by atoms with van der Waals surface area (Å²) in [5.41, 5.74) is 1.12. The summed E-state index contributed by atoms with van der Waals surface area (Å²) >= 11 is 0. The highest BCUT2D eigenvalue weighted by atomic mass is 19.1. The van der Waals surface area contributed by atoms with Gasteiger partial charge in [0.15, 0.2) is 11.6 Å². The summed E-state index contributed by atoms with van der Waals surface area (Å²) < 4.78 is 17.8. The van der Waals surface area contributed by atoms with Crippen LogP contribution in [0, 0.1) is 11.7 Å². The first-order valence-corrected chi connectivity index (χ1v) is 4.00. The molecule has 0 aromatic heterocycles. The normalized spacial score (nSPS) is 16.2. The first kappa shape index (κ1) is 7.59. The minimum absolute atomic E-state index is 0.289. The van der Waals surface area contributed by atoms with E-state index < -0.39 is 0 Å². The third kappa shape index (κ3) is 1.29. The van der Waals surface area contributed by atoms with Crippen LogP contribution in [-0.2, 0) is 0 Å². The lowest BCUT2D eigenvalue weighted by Gasteiger charge is -2.03. The first-order valence-electron chi connectivity index (χ1n) is 4.00. The number of hydrogen-bond acceptors (Lipinski definition) is 1. The molecule has 0 bridgehead atoms. The Kier molecular flexibility index (Phi) is 1.75. The Morgan fingerprint density at radius 2 is 2.08 bits per heavy atom. The maximum atomic E-state index is 12.9. The van der Waals surface area contributed by atoms with Crippen molar-refractivity contribution in [3.8, 4) is 5.75 Å². The van der Waals surface area contributed by atoms with Crippen molar-refractivity contribution in [2.45, 2.75) is 12.8 Å². The Bertz CT molecular complexity index is 292. The van der Waals surface area contributed by atoms with Gasteiger partial charge in [-0.05, 0) is 30.5 Å². The van der Waals surface area contributed by atoms with Crippen LogP contribution in [0.2, 0.25) is 0 Å². The zero-order valence-electron chi connectivity index (χ0n) is 6.93. The van der Waals surface area contributed by atoms with E-state index in [4.69, 9.17) is 4.74 Å². The summed E-state index contributed by atoms with van der Waals surface area (Å²) in [6.45, 7) is 0. The third-order valence-corrected chi connectivity index (χ3v) is 2.06. The molecular formula is C10H10FO. The molecule has 0 unspecified atom stereocenters. The van der Waals surface area contributed by atoms with E-state index in [2.05, 4.69) is 0 Å². The molecule has 63 valence electrons. The fourth-order valence-electron chi connectivity index (χ4n) is 1.23. The van der Waals surface area contributed by atoms with Crippen LogP contribution in [0.25, 0.3) is 0 Å². The summed E-state index contributed by atoms with van der Waals surface area (Å²) in [7, 11) is 1.49. The van der Waals surface area contributed by atoms with Crippen LogP contribution in [-0.4, -0.2) is 7.11 Å². The molecule has 1 saturated carbocycles. The SMILES string of the molecule is COc1cc([C]2CC2)ccc1F. The standard InChI is InChI=1S/C10H10FO/c1-12-10-6-8(7-2-3-7)4-5-9(10)11/h4-6H,2-3H2,1H3. The smallest absolute Gasteiger partial charge is 0.165 e. The molecular weight excluding hydrogens is 155 g/mol. The molecule has 1 nitrogen and oxygen atoms in total. The van der Waals surface area contributed by atoms with Crippen molar-refractivity contribution in [2.75, 3.05) is 7.11 Å². The van der Waals surface area contributed by atoms with Crippen LogP contribution in [0.5, 0.6) is 5.75 Å². The Balaban J connectivity index is 2.33.